The van der Waals surface area contributed by atoms with Crippen LogP contribution in [-0.4, -0.2) is 36.8 Å². The number of halogens is 1. The third kappa shape index (κ3) is 2.57. The Morgan fingerprint density at radius 1 is 1.38 bits per heavy atom. The van der Waals surface area contributed by atoms with Crippen LogP contribution in [-0.2, 0) is 0 Å². The van der Waals surface area contributed by atoms with Crippen molar-refractivity contribution in [2.24, 2.45) is 5.92 Å². The van der Waals surface area contributed by atoms with Gasteiger partial charge in [-0.05, 0) is 43.6 Å². The van der Waals surface area contributed by atoms with Crippen LogP contribution < -0.4 is 0 Å². The van der Waals surface area contributed by atoms with Gasteiger partial charge in [-0.3, -0.25) is 0 Å². The van der Waals surface area contributed by atoms with Gasteiger partial charge >= 0.3 is 0 Å². The number of aliphatic hydroxyl groups excluding tert-OH is 1. The van der Waals surface area contributed by atoms with Crippen LogP contribution in [0.25, 0.3) is 0 Å². The van der Waals surface area contributed by atoms with E-state index in [9.17, 15) is 5.11 Å². The zero-order valence-corrected chi connectivity index (χ0v) is 10.3. The molecule has 2 nitrogen and oxygen atoms in total. The van der Waals surface area contributed by atoms with E-state index < -0.39 is 0 Å². The van der Waals surface area contributed by atoms with Crippen molar-refractivity contribution >= 4 is 11.6 Å². The van der Waals surface area contributed by atoms with Crippen LogP contribution in [0.4, 0.5) is 0 Å². The van der Waals surface area contributed by atoms with Crippen molar-refractivity contribution in [1.29, 1.82) is 0 Å². The number of piperidine rings is 1. The molecule has 2 atom stereocenters. The Morgan fingerprint density at radius 2 is 2.06 bits per heavy atom. The van der Waals surface area contributed by atoms with Crippen molar-refractivity contribution in [3.05, 3.63) is 34.9 Å². The Morgan fingerprint density at radius 3 is 2.69 bits per heavy atom. The summed E-state index contributed by atoms with van der Waals surface area (Å²) in [6.07, 6.45) is 1.11. The Balaban J connectivity index is 2.15. The molecule has 0 spiro atoms. The highest BCUT2D eigenvalue weighted by atomic mass is 35.5. The van der Waals surface area contributed by atoms with E-state index in [-0.39, 0.29) is 6.61 Å². The zero-order valence-electron chi connectivity index (χ0n) is 9.56. The Hall–Kier alpha value is -0.570. The average molecular weight is 240 g/mol. The molecule has 1 heterocycles. The van der Waals surface area contributed by atoms with Crippen molar-refractivity contribution in [2.75, 3.05) is 26.7 Å². The highest BCUT2D eigenvalue weighted by molar-refractivity contribution is 6.30. The lowest BCUT2D eigenvalue weighted by molar-refractivity contribution is 0.118. The maximum atomic E-state index is 9.44. The van der Waals surface area contributed by atoms with Crippen molar-refractivity contribution in [3.63, 3.8) is 0 Å². The lowest BCUT2D eigenvalue weighted by Gasteiger charge is -2.36. The molecule has 1 fully saturated rings. The SMILES string of the molecule is CN1CC[C@@H](c2ccc(Cl)cc2)[C@H](CO)C1. The number of hydrogen-bond acceptors (Lipinski definition) is 2. The number of aliphatic hydroxyl groups is 1. The highest BCUT2D eigenvalue weighted by Gasteiger charge is 2.28. The summed E-state index contributed by atoms with van der Waals surface area (Å²) in [4.78, 5) is 2.29. The van der Waals surface area contributed by atoms with Crippen LogP contribution >= 0.6 is 11.6 Å². The summed E-state index contributed by atoms with van der Waals surface area (Å²) in [5, 5.41) is 10.2. The molecule has 16 heavy (non-hydrogen) atoms. The summed E-state index contributed by atoms with van der Waals surface area (Å²) in [6, 6.07) is 8.04. The fourth-order valence-corrected chi connectivity index (χ4v) is 2.67. The van der Waals surface area contributed by atoms with Crippen molar-refractivity contribution in [2.45, 2.75) is 12.3 Å². The van der Waals surface area contributed by atoms with Gasteiger partial charge in [0.2, 0.25) is 0 Å². The van der Waals surface area contributed by atoms with Crippen LogP contribution in [0.5, 0.6) is 0 Å². The first-order valence-electron chi connectivity index (χ1n) is 5.75. The molecule has 1 aliphatic heterocycles. The van der Waals surface area contributed by atoms with Gasteiger partial charge in [-0.25, -0.2) is 0 Å². The number of hydrogen-bond donors (Lipinski definition) is 1. The van der Waals surface area contributed by atoms with Gasteiger partial charge in [0.05, 0.1) is 0 Å². The lowest BCUT2D eigenvalue weighted by atomic mass is 9.81. The van der Waals surface area contributed by atoms with E-state index in [1.54, 1.807) is 0 Å². The normalized spacial score (nSPS) is 26.9. The molecular formula is C13H18ClNO. The molecule has 0 aromatic heterocycles. The topological polar surface area (TPSA) is 23.5 Å². The molecule has 88 valence electrons. The molecule has 1 aromatic carbocycles. The minimum Gasteiger partial charge on any atom is -0.396 e. The minimum absolute atomic E-state index is 0.262. The molecule has 1 saturated heterocycles. The molecule has 0 aliphatic carbocycles. The molecule has 0 radical (unpaired) electrons. The van der Waals surface area contributed by atoms with Gasteiger partial charge in [-0.2, -0.15) is 0 Å². The van der Waals surface area contributed by atoms with Crippen LogP contribution in [0.15, 0.2) is 24.3 Å². The van der Waals surface area contributed by atoms with Crippen LogP contribution in [0.1, 0.15) is 17.9 Å². The Bertz CT molecular complexity index is 338. The second-order valence-corrected chi connectivity index (χ2v) is 5.09. The molecule has 1 aromatic rings. The second kappa shape index (κ2) is 5.17. The van der Waals surface area contributed by atoms with E-state index in [4.69, 9.17) is 11.6 Å². The van der Waals surface area contributed by atoms with Crippen molar-refractivity contribution in [1.82, 2.24) is 4.90 Å². The first-order chi connectivity index (χ1) is 7.70. The number of likely N-dealkylation sites (tertiary alicyclic amines) is 1. The summed E-state index contributed by atoms with van der Waals surface area (Å²) in [5.41, 5.74) is 1.30. The van der Waals surface area contributed by atoms with Crippen molar-refractivity contribution in [3.8, 4) is 0 Å². The second-order valence-electron chi connectivity index (χ2n) is 4.65. The van der Waals surface area contributed by atoms with Crippen LogP contribution in [0.2, 0.25) is 5.02 Å². The fourth-order valence-electron chi connectivity index (χ4n) is 2.55. The molecule has 0 unspecified atom stereocenters. The van der Waals surface area contributed by atoms with Crippen LogP contribution in [0.3, 0.4) is 0 Å². The van der Waals surface area contributed by atoms with Gasteiger partial charge in [0.1, 0.15) is 0 Å². The fraction of sp³-hybridized carbons (Fsp3) is 0.538. The van der Waals surface area contributed by atoms with E-state index >= 15 is 0 Å². The van der Waals surface area contributed by atoms with Crippen LogP contribution in [0, 0.1) is 5.92 Å². The summed E-state index contributed by atoms with van der Waals surface area (Å²) in [5.74, 6) is 0.818. The first kappa shape index (κ1) is 11.9. The predicted octanol–water partition coefficient (Wildman–Crippen LogP) is 2.37. The molecule has 1 aliphatic rings. The number of nitrogens with zero attached hydrogens (tertiary/aromatic N) is 1. The first-order valence-corrected chi connectivity index (χ1v) is 6.13. The largest absolute Gasteiger partial charge is 0.396 e. The third-order valence-electron chi connectivity index (χ3n) is 3.47. The highest BCUT2D eigenvalue weighted by Crippen LogP contribution is 2.32. The summed E-state index contributed by atoms with van der Waals surface area (Å²) < 4.78 is 0. The van der Waals surface area contributed by atoms with Gasteiger partial charge in [-0.15, -0.1) is 0 Å². The monoisotopic (exact) mass is 239 g/mol. The van der Waals surface area contributed by atoms with E-state index in [2.05, 4.69) is 24.1 Å². The average Bonchev–Trinajstić information content (AvgIpc) is 2.30. The standard InChI is InChI=1S/C13H18ClNO/c1-15-7-6-13(11(8-15)9-16)10-2-4-12(14)5-3-10/h2-5,11,13,16H,6-9H2,1H3/t11-,13-/m0/s1. The smallest absolute Gasteiger partial charge is 0.0477 e. The van der Waals surface area contributed by atoms with Gasteiger partial charge < -0.3 is 10.0 Å². The summed E-state index contributed by atoms with van der Waals surface area (Å²) in [6.45, 7) is 2.34. The number of benzene rings is 1. The Labute approximate surface area is 102 Å². The van der Waals surface area contributed by atoms with Gasteiger partial charge in [-0.1, -0.05) is 23.7 Å². The van der Waals surface area contributed by atoms with Gasteiger partial charge in [0, 0.05) is 24.1 Å². The van der Waals surface area contributed by atoms with E-state index in [0.29, 0.717) is 11.8 Å². The molecule has 1 N–H and O–H groups in total. The molecule has 0 bridgehead atoms. The third-order valence-corrected chi connectivity index (χ3v) is 3.72. The van der Waals surface area contributed by atoms with E-state index in [0.717, 1.165) is 24.5 Å². The molecule has 2 rings (SSSR count). The van der Waals surface area contributed by atoms with Gasteiger partial charge in [0.25, 0.3) is 0 Å². The zero-order chi connectivity index (χ0) is 11.5. The molecular weight excluding hydrogens is 222 g/mol. The molecule has 0 amide bonds. The van der Waals surface area contributed by atoms with E-state index in [1.807, 2.05) is 12.1 Å². The summed E-state index contributed by atoms with van der Waals surface area (Å²) in [7, 11) is 2.11. The molecule has 0 saturated carbocycles. The maximum Gasteiger partial charge on any atom is 0.0477 e. The Kier molecular flexibility index (Phi) is 3.85. The summed E-state index contributed by atoms with van der Waals surface area (Å²) >= 11 is 5.89. The lowest BCUT2D eigenvalue weighted by Crippen LogP contribution is -2.38. The van der Waals surface area contributed by atoms with Gasteiger partial charge in [0.15, 0.2) is 0 Å². The minimum atomic E-state index is 0.262. The van der Waals surface area contributed by atoms with Crippen molar-refractivity contribution < 1.29 is 5.11 Å². The molecule has 3 heteroatoms. The van der Waals surface area contributed by atoms with E-state index in [1.165, 1.54) is 5.56 Å². The number of rotatable bonds is 2. The predicted molar refractivity (Wildman–Crippen MR) is 66.9 cm³/mol. The quantitative estimate of drug-likeness (QED) is 0.857. The maximum absolute atomic E-state index is 9.44.